The normalized spacial score (nSPS) is 12.1. The van der Waals surface area contributed by atoms with Gasteiger partial charge in [0.2, 0.25) is 0 Å². The Hall–Kier alpha value is -3.54. The summed E-state index contributed by atoms with van der Waals surface area (Å²) in [5.74, 6) is -0.764. The average molecular weight is 419 g/mol. The average Bonchev–Trinajstić information content (AvgIpc) is 3.40. The van der Waals surface area contributed by atoms with E-state index in [-0.39, 0.29) is 17.0 Å². The second-order valence-electron chi connectivity index (χ2n) is 5.88. The number of carbonyl (C=O) groups excluding carboxylic acids is 1. The fraction of sp³-hybridized carbons (Fsp3) is 0.118. The molecule has 0 bridgehead atoms. The van der Waals surface area contributed by atoms with Crippen LogP contribution in [0.5, 0.6) is 0 Å². The number of hydrogen-bond donors (Lipinski definition) is 1. The summed E-state index contributed by atoms with van der Waals surface area (Å²) in [4.78, 5) is 17.1. The van der Waals surface area contributed by atoms with E-state index in [2.05, 4.69) is 25.7 Å². The second-order valence-corrected chi connectivity index (χ2v) is 6.83. The zero-order valence-corrected chi connectivity index (χ0v) is 15.6. The van der Waals surface area contributed by atoms with Crippen LogP contribution in [0.4, 0.5) is 13.2 Å². The lowest BCUT2D eigenvalue weighted by Crippen LogP contribution is -2.19. The van der Waals surface area contributed by atoms with E-state index in [4.69, 9.17) is 0 Å². The summed E-state index contributed by atoms with van der Waals surface area (Å²) >= 11 is 1.26. The maximum Gasteiger partial charge on any atom is 0.433 e. The van der Waals surface area contributed by atoms with Gasteiger partial charge in [0.25, 0.3) is 5.91 Å². The minimum Gasteiger partial charge on any atom is -0.267 e. The maximum absolute atomic E-state index is 13.5. The maximum atomic E-state index is 13.5. The Morgan fingerprint density at radius 3 is 2.79 bits per heavy atom. The molecule has 0 atom stereocenters. The van der Waals surface area contributed by atoms with Crippen molar-refractivity contribution in [3.63, 3.8) is 0 Å². The van der Waals surface area contributed by atoms with E-state index in [0.29, 0.717) is 15.1 Å². The lowest BCUT2D eigenvalue weighted by molar-refractivity contribution is -0.142. The number of hydrogen-bond acceptors (Lipinski definition) is 6. The van der Waals surface area contributed by atoms with E-state index in [1.54, 1.807) is 36.8 Å². The van der Waals surface area contributed by atoms with Gasteiger partial charge < -0.3 is 0 Å². The molecule has 0 unspecified atom stereocenters. The van der Waals surface area contributed by atoms with Crippen LogP contribution in [0.15, 0.2) is 47.0 Å². The van der Waals surface area contributed by atoms with Crippen molar-refractivity contribution in [1.29, 1.82) is 0 Å². The zero-order chi connectivity index (χ0) is 20.6. The largest absolute Gasteiger partial charge is 0.433 e. The number of nitrogens with one attached hydrogen (secondary N) is 1. The fourth-order valence-electron chi connectivity index (χ4n) is 2.56. The highest BCUT2D eigenvalue weighted by Gasteiger charge is 2.35. The number of nitrogens with zero attached hydrogens (tertiary/aromatic N) is 6. The van der Waals surface area contributed by atoms with Crippen molar-refractivity contribution in [2.45, 2.75) is 6.18 Å². The summed E-state index contributed by atoms with van der Waals surface area (Å²) in [6.07, 6.45) is -1.76. The predicted octanol–water partition coefficient (Wildman–Crippen LogP) is 2.97. The molecule has 12 heteroatoms. The molecule has 0 spiro atoms. The van der Waals surface area contributed by atoms with Crippen molar-refractivity contribution in [2.75, 3.05) is 0 Å². The van der Waals surface area contributed by atoms with Gasteiger partial charge in [-0.05, 0) is 23.6 Å². The van der Waals surface area contributed by atoms with Crippen LogP contribution in [-0.2, 0) is 13.2 Å². The third kappa shape index (κ3) is 3.74. The molecule has 148 valence electrons. The Labute approximate surface area is 165 Å². The molecule has 4 rings (SSSR count). The smallest absolute Gasteiger partial charge is 0.267 e. The standard InChI is InChI=1S/C17H12F3N7OS/c1-26-10(4-5-22-26)9-21-24-16(28)12-8-15-23-11(13-3-2-6-29-13)7-14(17(18,19)20)27(15)25-12/h2-9H,1H3,(H,24,28). The molecule has 0 aliphatic heterocycles. The van der Waals surface area contributed by atoms with Crippen LogP contribution >= 0.6 is 11.3 Å². The Bertz CT molecular complexity index is 1210. The van der Waals surface area contributed by atoms with E-state index in [9.17, 15) is 18.0 Å². The lowest BCUT2D eigenvalue weighted by atomic mass is 10.2. The number of amides is 1. The summed E-state index contributed by atoms with van der Waals surface area (Å²) in [5.41, 5.74) is 1.65. The Kier molecular flexibility index (Phi) is 4.62. The minimum absolute atomic E-state index is 0.0935. The third-order valence-electron chi connectivity index (χ3n) is 3.95. The first kappa shape index (κ1) is 18.8. The summed E-state index contributed by atoms with van der Waals surface area (Å²) in [6.45, 7) is 0. The third-order valence-corrected chi connectivity index (χ3v) is 4.84. The van der Waals surface area contributed by atoms with E-state index in [1.165, 1.54) is 28.3 Å². The molecule has 0 aliphatic carbocycles. The second kappa shape index (κ2) is 7.13. The minimum atomic E-state index is -4.68. The van der Waals surface area contributed by atoms with Crippen LogP contribution in [0, 0.1) is 0 Å². The van der Waals surface area contributed by atoms with Gasteiger partial charge in [0.15, 0.2) is 17.0 Å². The quantitative estimate of drug-likeness (QED) is 0.407. The van der Waals surface area contributed by atoms with Crippen molar-refractivity contribution in [1.82, 2.24) is 29.8 Å². The van der Waals surface area contributed by atoms with Crippen LogP contribution in [0.1, 0.15) is 21.9 Å². The van der Waals surface area contributed by atoms with Gasteiger partial charge in [-0.15, -0.1) is 11.3 Å². The Balaban J connectivity index is 1.68. The molecule has 29 heavy (non-hydrogen) atoms. The van der Waals surface area contributed by atoms with E-state index >= 15 is 0 Å². The molecule has 0 aliphatic rings. The molecule has 0 saturated heterocycles. The van der Waals surface area contributed by atoms with Crippen molar-refractivity contribution < 1.29 is 18.0 Å². The number of rotatable bonds is 4. The van der Waals surface area contributed by atoms with Gasteiger partial charge in [0.05, 0.1) is 22.5 Å². The summed E-state index contributed by atoms with van der Waals surface area (Å²) in [7, 11) is 1.70. The number of fused-ring (bicyclic) bond motifs is 1. The summed E-state index contributed by atoms with van der Waals surface area (Å²) in [5, 5.41) is 13.2. The summed E-state index contributed by atoms with van der Waals surface area (Å²) in [6, 6.07) is 7.15. The van der Waals surface area contributed by atoms with E-state index in [1.807, 2.05) is 0 Å². The SMILES string of the molecule is Cn1nccc1C=NNC(=O)c1cc2nc(-c3cccs3)cc(C(F)(F)F)n2n1. The van der Waals surface area contributed by atoms with Crippen LogP contribution < -0.4 is 5.43 Å². The molecule has 4 aromatic heterocycles. The molecule has 0 radical (unpaired) electrons. The number of aromatic nitrogens is 5. The first-order chi connectivity index (χ1) is 13.8. The lowest BCUT2D eigenvalue weighted by Gasteiger charge is -2.10. The van der Waals surface area contributed by atoms with Gasteiger partial charge in [0, 0.05) is 19.3 Å². The van der Waals surface area contributed by atoms with Crippen molar-refractivity contribution in [3.05, 3.63) is 59.0 Å². The van der Waals surface area contributed by atoms with Gasteiger partial charge in [-0.3, -0.25) is 9.48 Å². The highest BCUT2D eigenvalue weighted by molar-refractivity contribution is 7.13. The van der Waals surface area contributed by atoms with Crippen LogP contribution in [0.25, 0.3) is 16.2 Å². The molecule has 0 fully saturated rings. The molecule has 1 N–H and O–H groups in total. The van der Waals surface area contributed by atoms with Crippen molar-refractivity contribution >= 4 is 29.1 Å². The van der Waals surface area contributed by atoms with Gasteiger partial charge in [-0.25, -0.2) is 14.9 Å². The van der Waals surface area contributed by atoms with Crippen LogP contribution in [0.2, 0.25) is 0 Å². The molecule has 8 nitrogen and oxygen atoms in total. The first-order valence-corrected chi connectivity index (χ1v) is 9.04. The molecule has 0 aromatic carbocycles. The number of aryl methyl sites for hydroxylation is 1. The number of carbonyl (C=O) groups is 1. The van der Waals surface area contributed by atoms with Gasteiger partial charge >= 0.3 is 6.18 Å². The zero-order valence-electron chi connectivity index (χ0n) is 14.8. The van der Waals surface area contributed by atoms with Crippen molar-refractivity contribution in [3.8, 4) is 10.6 Å². The van der Waals surface area contributed by atoms with E-state index < -0.39 is 17.8 Å². The number of hydrazone groups is 1. The topological polar surface area (TPSA) is 89.5 Å². The fourth-order valence-corrected chi connectivity index (χ4v) is 3.25. The van der Waals surface area contributed by atoms with Crippen LogP contribution in [-0.4, -0.2) is 36.5 Å². The Morgan fingerprint density at radius 2 is 2.14 bits per heavy atom. The molecular formula is C17H12F3N7OS. The molecule has 4 heterocycles. The Morgan fingerprint density at radius 1 is 1.31 bits per heavy atom. The monoisotopic (exact) mass is 419 g/mol. The number of halogens is 3. The number of alkyl halides is 3. The summed E-state index contributed by atoms with van der Waals surface area (Å²) < 4.78 is 42.7. The molecule has 1 amide bonds. The van der Waals surface area contributed by atoms with Gasteiger partial charge in [-0.2, -0.15) is 28.5 Å². The highest BCUT2D eigenvalue weighted by Crippen LogP contribution is 2.33. The van der Waals surface area contributed by atoms with E-state index in [0.717, 1.165) is 6.07 Å². The van der Waals surface area contributed by atoms with Crippen LogP contribution in [0.3, 0.4) is 0 Å². The van der Waals surface area contributed by atoms with Gasteiger partial charge in [-0.1, -0.05) is 6.07 Å². The predicted molar refractivity (Wildman–Crippen MR) is 99.6 cm³/mol. The molecule has 0 saturated carbocycles. The van der Waals surface area contributed by atoms with Crippen molar-refractivity contribution in [2.24, 2.45) is 12.1 Å². The first-order valence-electron chi connectivity index (χ1n) is 8.16. The highest BCUT2D eigenvalue weighted by atomic mass is 32.1. The molecule has 4 aromatic rings. The molecular weight excluding hydrogens is 407 g/mol. The van der Waals surface area contributed by atoms with Gasteiger partial charge in [0.1, 0.15) is 0 Å². The number of thiophene rings is 1.